The van der Waals surface area contributed by atoms with Crippen molar-refractivity contribution in [2.75, 3.05) is 12.0 Å². The second kappa shape index (κ2) is 8.10. The molecule has 0 bridgehead atoms. The van der Waals surface area contributed by atoms with Gasteiger partial charge < -0.3 is 15.2 Å². The van der Waals surface area contributed by atoms with Crippen LogP contribution in [0.15, 0.2) is 23.4 Å². The highest BCUT2D eigenvalue weighted by Crippen LogP contribution is 2.35. The van der Waals surface area contributed by atoms with Crippen LogP contribution < -0.4 is 10.5 Å². The van der Waals surface area contributed by atoms with Crippen LogP contribution in [-0.2, 0) is 4.74 Å². The van der Waals surface area contributed by atoms with Crippen LogP contribution in [0.1, 0.15) is 36.7 Å². The van der Waals surface area contributed by atoms with Crippen molar-refractivity contribution in [3.05, 3.63) is 39.4 Å². The van der Waals surface area contributed by atoms with Crippen LogP contribution in [0.25, 0.3) is 0 Å². The number of nitriles is 1. The van der Waals surface area contributed by atoms with E-state index >= 15 is 0 Å². The van der Waals surface area contributed by atoms with Gasteiger partial charge in [-0.15, -0.1) is 0 Å². The molecule has 146 valence electrons. The Morgan fingerprint density at radius 3 is 2.57 bits per heavy atom. The summed E-state index contributed by atoms with van der Waals surface area (Å²) in [4.78, 5) is 30.7. The van der Waals surface area contributed by atoms with Gasteiger partial charge in [-0.2, -0.15) is 15.2 Å². The van der Waals surface area contributed by atoms with Gasteiger partial charge in [0.25, 0.3) is 0 Å². The summed E-state index contributed by atoms with van der Waals surface area (Å²) in [6.45, 7) is 5.07. The third kappa shape index (κ3) is 4.86. The molecule has 10 nitrogen and oxygen atoms in total. The van der Waals surface area contributed by atoms with E-state index in [1.165, 1.54) is 18.2 Å². The molecule has 0 aliphatic rings. The Balaban J connectivity index is 2.50. The van der Waals surface area contributed by atoms with Gasteiger partial charge >= 0.3 is 17.5 Å². The second-order valence-corrected chi connectivity index (χ2v) is 7.20. The van der Waals surface area contributed by atoms with Crippen molar-refractivity contribution < 1.29 is 19.2 Å². The van der Waals surface area contributed by atoms with E-state index in [1.807, 2.05) is 6.07 Å². The Labute approximate surface area is 164 Å². The predicted molar refractivity (Wildman–Crippen MR) is 101 cm³/mol. The number of ether oxygens (including phenoxy) is 2. The molecule has 0 spiro atoms. The molecule has 2 rings (SSSR count). The zero-order chi connectivity index (χ0) is 21.1. The van der Waals surface area contributed by atoms with Crippen molar-refractivity contribution in [1.29, 1.82) is 5.26 Å². The normalized spacial score (nSPS) is 10.8. The number of anilines is 1. The summed E-state index contributed by atoms with van der Waals surface area (Å²) < 4.78 is 10.8. The van der Waals surface area contributed by atoms with Crippen LogP contribution in [0, 0.1) is 21.4 Å². The standard InChI is InChI=1S/C17H17N5O5S/c1-17(2,3)27-15(23)11-7-10(6-5-9(11)8-18)26-14-12(22(24)25)13(19)20-16(21-14)28-4/h5-7H,1-4H3,(H2,19,20,21). The number of nitrogen functional groups attached to an aromatic ring is 1. The van der Waals surface area contributed by atoms with Gasteiger partial charge in [-0.05, 0) is 45.2 Å². The van der Waals surface area contributed by atoms with Crippen molar-refractivity contribution in [1.82, 2.24) is 9.97 Å². The lowest BCUT2D eigenvalue weighted by molar-refractivity contribution is -0.385. The molecule has 0 aliphatic carbocycles. The smallest absolute Gasteiger partial charge is 0.373 e. The van der Waals surface area contributed by atoms with Gasteiger partial charge in [-0.3, -0.25) is 10.1 Å². The first-order chi connectivity index (χ1) is 13.1. The Morgan fingerprint density at radius 2 is 2.04 bits per heavy atom. The lowest BCUT2D eigenvalue weighted by Gasteiger charge is -2.20. The molecule has 0 atom stereocenters. The van der Waals surface area contributed by atoms with Gasteiger partial charge in [0.2, 0.25) is 5.82 Å². The Kier molecular flexibility index (Phi) is 6.05. The van der Waals surface area contributed by atoms with E-state index in [9.17, 15) is 20.2 Å². The molecule has 2 aromatic rings. The molecule has 2 N–H and O–H groups in total. The van der Waals surface area contributed by atoms with E-state index in [2.05, 4.69) is 9.97 Å². The monoisotopic (exact) mass is 403 g/mol. The summed E-state index contributed by atoms with van der Waals surface area (Å²) in [6.07, 6.45) is 1.67. The van der Waals surface area contributed by atoms with Gasteiger partial charge in [-0.25, -0.2) is 4.79 Å². The number of aromatic nitrogens is 2. The number of hydrogen-bond donors (Lipinski definition) is 1. The lowest BCUT2D eigenvalue weighted by atomic mass is 10.1. The van der Waals surface area contributed by atoms with Crippen molar-refractivity contribution in [2.24, 2.45) is 0 Å². The summed E-state index contributed by atoms with van der Waals surface area (Å²) in [6, 6.07) is 5.88. The number of rotatable bonds is 5. The minimum absolute atomic E-state index is 0.0373. The van der Waals surface area contributed by atoms with Crippen LogP contribution in [0.3, 0.4) is 0 Å². The maximum atomic E-state index is 12.4. The summed E-state index contributed by atoms with van der Waals surface area (Å²) in [5.74, 6) is -1.40. The zero-order valence-corrected chi connectivity index (χ0v) is 16.4. The van der Waals surface area contributed by atoms with Gasteiger partial charge in [-0.1, -0.05) is 11.8 Å². The quantitative estimate of drug-likeness (QED) is 0.258. The third-order valence-corrected chi connectivity index (χ3v) is 3.72. The van der Waals surface area contributed by atoms with Gasteiger partial charge in [0.15, 0.2) is 5.16 Å². The average molecular weight is 403 g/mol. The van der Waals surface area contributed by atoms with Crippen molar-refractivity contribution in [3.63, 3.8) is 0 Å². The fraction of sp³-hybridized carbons (Fsp3) is 0.294. The van der Waals surface area contributed by atoms with Gasteiger partial charge in [0, 0.05) is 0 Å². The molecule has 0 saturated carbocycles. The summed E-state index contributed by atoms with van der Waals surface area (Å²) in [5.41, 5.74) is 4.31. The molecule has 1 heterocycles. The minimum Gasteiger partial charge on any atom is -0.456 e. The molecular weight excluding hydrogens is 386 g/mol. The van der Waals surface area contributed by atoms with Gasteiger partial charge in [0.1, 0.15) is 17.4 Å². The molecular formula is C17H17N5O5S. The number of carbonyl (C=O) groups excluding carboxylic acids is 1. The zero-order valence-electron chi connectivity index (χ0n) is 15.5. The topological polar surface area (TPSA) is 154 Å². The van der Waals surface area contributed by atoms with Crippen LogP contribution >= 0.6 is 11.8 Å². The number of nitro groups is 1. The fourth-order valence-electron chi connectivity index (χ4n) is 2.06. The first-order valence-electron chi connectivity index (χ1n) is 7.87. The molecule has 1 aromatic carbocycles. The Bertz CT molecular complexity index is 981. The molecule has 0 saturated heterocycles. The SMILES string of the molecule is CSc1nc(N)c([N+](=O)[O-])c(Oc2ccc(C#N)c(C(=O)OC(C)(C)C)c2)n1. The molecule has 0 aliphatic heterocycles. The van der Waals surface area contributed by atoms with Crippen LogP contribution in [0.4, 0.5) is 11.5 Å². The molecule has 0 fully saturated rings. The van der Waals surface area contributed by atoms with Crippen LogP contribution in [0.5, 0.6) is 11.6 Å². The summed E-state index contributed by atoms with van der Waals surface area (Å²) in [7, 11) is 0. The average Bonchev–Trinajstić information content (AvgIpc) is 2.59. The van der Waals surface area contributed by atoms with E-state index in [0.717, 1.165) is 11.8 Å². The third-order valence-electron chi connectivity index (χ3n) is 3.17. The Morgan fingerprint density at radius 1 is 1.36 bits per heavy atom. The van der Waals surface area contributed by atoms with Gasteiger partial charge in [0.05, 0.1) is 16.1 Å². The highest BCUT2D eigenvalue weighted by Gasteiger charge is 2.26. The van der Waals surface area contributed by atoms with Crippen molar-refractivity contribution >= 4 is 29.2 Å². The molecule has 11 heteroatoms. The first-order valence-corrected chi connectivity index (χ1v) is 9.09. The summed E-state index contributed by atoms with van der Waals surface area (Å²) in [5, 5.41) is 20.7. The highest BCUT2D eigenvalue weighted by molar-refractivity contribution is 7.98. The number of esters is 1. The van der Waals surface area contributed by atoms with E-state index < -0.39 is 22.2 Å². The summed E-state index contributed by atoms with van der Waals surface area (Å²) >= 11 is 1.13. The number of thioether (sulfide) groups is 1. The molecule has 0 radical (unpaired) electrons. The maximum absolute atomic E-state index is 12.4. The van der Waals surface area contributed by atoms with Crippen LogP contribution in [0.2, 0.25) is 0 Å². The minimum atomic E-state index is -0.770. The molecule has 0 amide bonds. The largest absolute Gasteiger partial charge is 0.456 e. The number of carbonyl (C=O) groups is 1. The van der Waals surface area contributed by atoms with E-state index in [1.54, 1.807) is 27.0 Å². The second-order valence-electron chi connectivity index (χ2n) is 6.43. The predicted octanol–water partition coefficient (Wildman–Crippen LogP) is 3.31. The maximum Gasteiger partial charge on any atom is 0.373 e. The van der Waals surface area contributed by atoms with E-state index in [-0.39, 0.29) is 33.7 Å². The molecule has 1 aromatic heterocycles. The Hall–Kier alpha value is -3.39. The number of benzene rings is 1. The van der Waals surface area contributed by atoms with E-state index in [0.29, 0.717) is 0 Å². The highest BCUT2D eigenvalue weighted by atomic mass is 32.2. The first kappa shape index (κ1) is 20.9. The molecule has 0 unspecified atom stereocenters. The lowest BCUT2D eigenvalue weighted by Crippen LogP contribution is -2.24. The van der Waals surface area contributed by atoms with E-state index in [4.69, 9.17) is 15.2 Å². The van der Waals surface area contributed by atoms with Crippen molar-refractivity contribution in [2.45, 2.75) is 31.5 Å². The number of nitrogens with two attached hydrogens (primary N) is 1. The number of hydrogen-bond acceptors (Lipinski definition) is 10. The molecule has 28 heavy (non-hydrogen) atoms. The van der Waals surface area contributed by atoms with Crippen LogP contribution in [-0.4, -0.2) is 32.7 Å². The number of nitrogens with zero attached hydrogens (tertiary/aromatic N) is 4. The van der Waals surface area contributed by atoms with Crippen molar-refractivity contribution in [3.8, 4) is 17.7 Å². The fourth-order valence-corrected chi connectivity index (χ4v) is 2.43.